The summed E-state index contributed by atoms with van der Waals surface area (Å²) in [5.41, 5.74) is 3.54. The van der Waals surface area contributed by atoms with Gasteiger partial charge in [0.25, 0.3) is 0 Å². The third kappa shape index (κ3) is 8.20. The summed E-state index contributed by atoms with van der Waals surface area (Å²) in [5, 5.41) is 4.78. The van der Waals surface area contributed by atoms with Crippen molar-refractivity contribution in [2.45, 2.75) is 49.6 Å². The van der Waals surface area contributed by atoms with Crippen LogP contribution in [0.25, 0.3) is 33.6 Å². The summed E-state index contributed by atoms with van der Waals surface area (Å²) >= 11 is 0. The van der Waals surface area contributed by atoms with Crippen LogP contribution in [0.4, 0.5) is 9.59 Å². The molecule has 1 aliphatic rings. The lowest BCUT2D eigenvalue weighted by molar-refractivity contribution is -0.131. The second-order valence-electron chi connectivity index (χ2n) is 11.7. The van der Waals surface area contributed by atoms with Crippen molar-refractivity contribution in [2.24, 2.45) is 0 Å². The van der Waals surface area contributed by atoms with Gasteiger partial charge in [0.15, 0.2) is 0 Å². The number of imidazole rings is 2. The number of hydrogen-bond donors (Lipinski definition) is 4. The van der Waals surface area contributed by atoms with Crippen LogP contribution in [0.3, 0.4) is 0 Å². The predicted octanol–water partition coefficient (Wildman–Crippen LogP) is 3.47. The topological polar surface area (TPSA) is 209 Å². The number of nitrogens with one attached hydrogen (secondary N) is 4. The van der Waals surface area contributed by atoms with Crippen LogP contribution < -0.4 is 10.6 Å². The maximum Gasteiger partial charge on any atom is 0.407 e. The lowest BCUT2D eigenvalue weighted by Crippen LogP contribution is -2.40. The summed E-state index contributed by atoms with van der Waals surface area (Å²) in [4.78, 5) is 66.9. The molecule has 270 valence electrons. The Morgan fingerprint density at radius 3 is 1.49 bits per heavy atom. The average Bonchev–Trinajstić information content (AvgIpc) is 3.86. The molecule has 0 spiro atoms. The number of carbonyl (C=O) groups excluding carboxylic acids is 4. The van der Waals surface area contributed by atoms with Gasteiger partial charge in [0.05, 0.1) is 60.9 Å². The largest absolute Gasteiger partial charge is 0.453 e. The van der Waals surface area contributed by atoms with Gasteiger partial charge in [-0.1, -0.05) is 38.1 Å². The van der Waals surface area contributed by atoms with Crippen molar-refractivity contribution in [1.82, 2.24) is 40.4 Å². The zero-order valence-corrected chi connectivity index (χ0v) is 29.6. The number of hydrogen-bond acceptors (Lipinski definition) is 10. The highest BCUT2D eigenvalue weighted by molar-refractivity contribution is 7.92. The van der Waals surface area contributed by atoms with Crippen LogP contribution in [0.1, 0.15) is 38.3 Å². The second kappa shape index (κ2) is 15.9. The van der Waals surface area contributed by atoms with Gasteiger partial charge in [-0.3, -0.25) is 9.59 Å². The van der Waals surface area contributed by atoms with E-state index < -0.39 is 22.0 Å². The lowest BCUT2D eigenvalue weighted by atomic mass is 10.0. The van der Waals surface area contributed by atoms with Gasteiger partial charge in [-0.25, -0.2) is 28.0 Å². The van der Waals surface area contributed by atoms with Crippen LogP contribution in [0.5, 0.6) is 0 Å². The van der Waals surface area contributed by atoms with Crippen molar-refractivity contribution >= 4 is 33.8 Å². The van der Waals surface area contributed by atoms with E-state index in [0.717, 1.165) is 0 Å². The Balaban J connectivity index is 1.32. The number of benzene rings is 2. The van der Waals surface area contributed by atoms with E-state index in [0.29, 0.717) is 71.2 Å². The summed E-state index contributed by atoms with van der Waals surface area (Å²) in [7, 11) is -1.44. The number of ether oxygens (including phenoxy) is 2. The third-order valence-electron chi connectivity index (χ3n) is 8.22. The standard InChI is InChI=1S/C34H40N8O8S/c1-5-11-41(31(43)17-37-33(45)49-3)19-29-35-15-25(39-29)21-7-9-23-24-10-8-22(14-28(24)51(47,48)27(23)13-21)26-16-36-30(40-26)20-42(12-6-2)32(44)18-38-34(46)50-4/h7-10,13-16H,5-6,11-12,17-20H2,1-4H3,(H,35,39)(H,36,40)(H,37,45)(H,38,46). The quantitative estimate of drug-likeness (QED) is 0.131. The highest BCUT2D eigenvalue weighted by Gasteiger charge is 2.34. The van der Waals surface area contributed by atoms with Gasteiger partial charge in [-0.2, -0.15) is 0 Å². The van der Waals surface area contributed by atoms with Crippen LogP contribution in [-0.4, -0.2) is 103 Å². The molecule has 16 nitrogen and oxygen atoms in total. The van der Waals surface area contributed by atoms with Crippen LogP contribution in [0.15, 0.2) is 58.6 Å². The zero-order chi connectivity index (χ0) is 36.7. The molecule has 4 aromatic rings. The molecule has 0 saturated heterocycles. The number of sulfone groups is 1. The van der Waals surface area contributed by atoms with Gasteiger partial charge in [0.2, 0.25) is 21.7 Å². The molecule has 3 heterocycles. The fourth-order valence-electron chi connectivity index (χ4n) is 5.72. The summed E-state index contributed by atoms with van der Waals surface area (Å²) in [6.07, 6.45) is 3.17. The van der Waals surface area contributed by atoms with Crippen LogP contribution in [0.2, 0.25) is 0 Å². The van der Waals surface area contributed by atoms with Crippen molar-refractivity contribution in [3.05, 3.63) is 60.4 Å². The van der Waals surface area contributed by atoms with E-state index in [4.69, 9.17) is 0 Å². The molecule has 17 heteroatoms. The lowest BCUT2D eigenvalue weighted by Gasteiger charge is -2.21. The Morgan fingerprint density at radius 2 is 1.12 bits per heavy atom. The number of rotatable bonds is 14. The molecular weight excluding hydrogens is 680 g/mol. The van der Waals surface area contributed by atoms with Gasteiger partial charge < -0.3 is 39.9 Å². The van der Waals surface area contributed by atoms with Gasteiger partial charge in [0.1, 0.15) is 24.7 Å². The van der Waals surface area contributed by atoms with Crippen molar-refractivity contribution < 1.29 is 37.1 Å². The van der Waals surface area contributed by atoms with E-state index in [2.05, 4.69) is 40.0 Å². The second-order valence-corrected chi connectivity index (χ2v) is 13.6. The highest BCUT2D eigenvalue weighted by atomic mass is 32.2. The molecule has 0 fully saturated rings. The number of carbonyl (C=O) groups is 4. The van der Waals surface area contributed by atoms with E-state index in [1.807, 2.05) is 26.0 Å². The van der Waals surface area contributed by atoms with E-state index in [1.165, 1.54) is 14.2 Å². The summed E-state index contributed by atoms with van der Waals surface area (Å²) < 4.78 is 36.8. The third-order valence-corrected chi connectivity index (χ3v) is 10.1. The van der Waals surface area contributed by atoms with Gasteiger partial charge >= 0.3 is 12.2 Å². The van der Waals surface area contributed by atoms with Crippen molar-refractivity contribution in [1.29, 1.82) is 0 Å². The van der Waals surface area contributed by atoms with E-state index in [9.17, 15) is 27.6 Å². The molecule has 0 aliphatic carbocycles. The smallest absolute Gasteiger partial charge is 0.407 e. The molecule has 0 saturated carbocycles. The molecule has 4 amide bonds. The van der Waals surface area contributed by atoms with Crippen LogP contribution in [0, 0.1) is 0 Å². The number of methoxy groups -OCH3 is 2. The van der Waals surface area contributed by atoms with Gasteiger partial charge in [-0.05, 0) is 25.0 Å². The number of fused-ring (bicyclic) bond motifs is 3. The van der Waals surface area contributed by atoms with Crippen molar-refractivity contribution in [3.63, 3.8) is 0 Å². The first-order chi connectivity index (χ1) is 24.5. The summed E-state index contributed by atoms with van der Waals surface area (Å²) in [6.45, 7) is 4.66. The van der Waals surface area contributed by atoms with Crippen LogP contribution >= 0.6 is 0 Å². The molecule has 1 aliphatic heterocycles. The Kier molecular flexibility index (Phi) is 11.4. The molecule has 51 heavy (non-hydrogen) atoms. The average molecular weight is 721 g/mol. The molecule has 4 N–H and O–H groups in total. The SMILES string of the molecule is CCCN(Cc1ncc(-c2ccc3c(c2)S(=O)(=O)c2cc(-c4cnc(CN(CCC)C(=O)CNC(=O)OC)[nH]4)ccc2-3)[nH]1)C(=O)CNC(=O)OC. The first kappa shape index (κ1) is 36.6. The number of H-pyrrole nitrogens is 2. The fourth-order valence-corrected chi connectivity index (χ4v) is 7.45. The fraction of sp³-hybridized carbons (Fsp3) is 0.353. The maximum absolute atomic E-state index is 13.9. The Labute approximate surface area is 294 Å². The number of aromatic nitrogens is 4. The molecular formula is C34H40N8O8S. The molecule has 0 atom stereocenters. The first-order valence-corrected chi connectivity index (χ1v) is 17.8. The maximum atomic E-state index is 13.9. The number of aromatic amines is 2. The van der Waals surface area contributed by atoms with Gasteiger partial charge in [-0.15, -0.1) is 0 Å². The minimum atomic E-state index is -3.88. The predicted molar refractivity (Wildman–Crippen MR) is 185 cm³/mol. The summed E-state index contributed by atoms with van der Waals surface area (Å²) in [6, 6.07) is 10.4. The van der Waals surface area contributed by atoms with E-state index >= 15 is 0 Å². The monoisotopic (exact) mass is 720 g/mol. The Morgan fingerprint density at radius 1 is 0.706 bits per heavy atom. The van der Waals surface area contributed by atoms with Crippen molar-refractivity contribution in [2.75, 3.05) is 40.4 Å². The van der Waals surface area contributed by atoms with Crippen molar-refractivity contribution in [3.8, 4) is 33.6 Å². The normalized spacial score (nSPS) is 12.4. The number of nitrogens with zero attached hydrogens (tertiary/aromatic N) is 4. The Hall–Kier alpha value is -5.71. The summed E-state index contributed by atoms with van der Waals surface area (Å²) in [5.74, 6) is 0.400. The number of alkyl carbamates (subject to hydrolysis) is 2. The minimum absolute atomic E-state index is 0.166. The van der Waals surface area contributed by atoms with Gasteiger partial charge in [0, 0.05) is 35.3 Å². The van der Waals surface area contributed by atoms with Crippen LogP contribution in [-0.2, 0) is 42.0 Å². The highest BCUT2D eigenvalue weighted by Crippen LogP contribution is 2.45. The molecule has 0 unspecified atom stereocenters. The van der Waals surface area contributed by atoms with E-state index in [-0.39, 0.29) is 47.8 Å². The molecule has 5 rings (SSSR count). The molecule has 0 bridgehead atoms. The zero-order valence-electron chi connectivity index (χ0n) is 28.7. The molecule has 0 radical (unpaired) electrons. The Bertz CT molecular complexity index is 1900. The minimum Gasteiger partial charge on any atom is -0.453 e. The molecule has 2 aromatic heterocycles. The van der Waals surface area contributed by atoms with E-state index in [1.54, 1.807) is 46.5 Å². The molecule has 2 aromatic carbocycles. The number of amides is 4. The first-order valence-electron chi connectivity index (χ1n) is 16.3.